The molecule has 0 saturated heterocycles. The Labute approximate surface area is 227 Å². The van der Waals surface area contributed by atoms with Crippen LogP contribution in [0.15, 0.2) is 72.8 Å². The van der Waals surface area contributed by atoms with Crippen LogP contribution in [-0.4, -0.2) is 28.8 Å². The van der Waals surface area contributed by atoms with Gasteiger partial charge in [0.1, 0.15) is 11.9 Å². The molecule has 3 aromatic carbocycles. The number of hydrogen-bond acceptors (Lipinski definition) is 2. The van der Waals surface area contributed by atoms with E-state index in [0.717, 1.165) is 31.2 Å². The lowest BCUT2D eigenvalue weighted by Gasteiger charge is -2.34. The molecule has 4 rings (SSSR count). The van der Waals surface area contributed by atoms with Crippen LogP contribution in [0.3, 0.4) is 0 Å². The van der Waals surface area contributed by atoms with E-state index < -0.39 is 17.8 Å². The van der Waals surface area contributed by atoms with Gasteiger partial charge in [-0.05, 0) is 42.2 Å². The van der Waals surface area contributed by atoms with Gasteiger partial charge in [0, 0.05) is 34.6 Å². The fourth-order valence-electron chi connectivity index (χ4n) is 4.86. The van der Waals surface area contributed by atoms with Crippen LogP contribution in [0, 0.1) is 5.82 Å². The summed E-state index contributed by atoms with van der Waals surface area (Å²) in [6.07, 6.45) is 5.21. The topological polar surface area (TPSA) is 49.4 Å². The van der Waals surface area contributed by atoms with Crippen LogP contribution in [0.2, 0.25) is 10.0 Å². The molecule has 37 heavy (non-hydrogen) atoms. The standard InChI is InChI=1S/C30H31Cl2FN2O2/c31-25-15-8-7-12-22(25)20-35(29(36)19-24-26(32)16-9-17-27(24)33)28(18-21-10-3-1-4-11-21)30(37)34-23-13-5-2-6-14-23/h1,3-4,7-12,15-17,23,28H,2,5-6,13-14,18-20H2,(H,34,37)/t28-/m0/s1. The van der Waals surface area contributed by atoms with E-state index in [-0.39, 0.29) is 35.5 Å². The first-order chi connectivity index (χ1) is 17.9. The second-order valence-corrected chi connectivity index (χ2v) is 10.4. The molecule has 0 unspecified atom stereocenters. The van der Waals surface area contributed by atoms with Crippen molar-refractivity contribution in [3.63, 3.8) is 0 Å². The lowest BCUT2D eigenvalue weighted by molar-refractivity contribution is -0.141. The van der Waals surface area contributed by atoms with Crippen molar-refractivity contribution in [1.82, 2.24) is 10.2 Å². The third-order valence-electron chi connectivity index (χ3n) is 6.91. The molecular formula is C30H31Cl2FN2O2. The molecule has 2 amide bonds. The molecule has 1 aliphatic carbocycles. The van der Waals surface area contributed by atoms with Gasteiger partial charge in [0.15, 0.2) is 0 Å². The summed E-state index contributed by atoms with van der Waals surface area (Å²) < 4.78 is 14.6. The summed E-state index contributed by atoms with van der Waals surface area (Å²) in [5.41, 5.74) is 1.75. The van der Waals surface area contributed by atoms with Crippen molar-refractivity contribution >= 4 is 35.0 Å². The second kappa shape index (κ2) is 13.1. The number of benzene rings is 3. The van der Waals surface area contributed by atoms with Gasteiger partial charge in [-0.3, -0.25) is 9.59 Å². The van der Waals surface area contributed by atoms with Gasteiger partial charge >= 0.3 is 0 Å². The van der Waals surface area contributed by atoms with Gasteiger partial charge in [-0.15, -0.1) is 0 Å². The largest absolute Gasteiger partial charge is 0.352 e. The van der Waals surface area contributed by atoms with Crippen LogP contribution in [0.25, 0.3) is 0 Å². The molecule has 1 aliphatic rings. The first-order valence-corrected chi connectivity index (χ1v) is 13.5. The second-order valence-electron chi connectivity index (χ2n) is 9.54. The van der Waals surface area contributed by atoms with Gasteiger partial charge in [-0.1, -0.05) is 97.1 Å². The van der Waals surface area contributed by atoms with Crippen molar-refractivity contribution in [2.45, 2.75) is 63.6 Å². The highest BCUT2D eigenvalue weighted by Crippen LogP contribution is 2.25. The van der Waals surface area contributed by atoms with E-state index in [0.29, 0.717) is 17.0 Å². The minimum absolute atomic E-state index is 0.0813. The Balaban J connectivity index is 1.69. The minimum Gasteiger partial charge on any atom is -0.352 e. The van der Waals surface area contributed by atoms with Crippen LogP contribution >= 0.6 is 23.2 Å². The Kier molecular flexibility index (Phi) is 9.59. The molecule has 7 heteroatoms. The third kappa shape index (κ3) is 7.33. The summed E-state index contributed by atoms with van der Waals surface area (Å²) in [7, 11) is 0. The van der Waals surface area contributed by atoms with Gasteiger partial charge in [-0.2, -0.15) is 0 Å². The summed E-state index contributed by atoms with van der Waals surface area (Å²) in [6, 6.07) is 20.5. The number of rotatable bonds is 9. The van der Waals surface area contributed by atoms with Gasteiger partial charge in [0.25, 0.3) is 0 Å². The van der Waals surface area contributed by atoms with Crippen LogP contribution < -0.4 is 5.32 Å². The molecule has 0 heterocycles. The number of nitrogens with one attached hydrogen (secondary N) is 1. The Morgan fingerprint density at radius 1 is 0.892 bits per heavy atom. The van der Waals surface area contributed by atoms with E-state index in [1.54, 1.807) is 12.1 Å². The molecule has 1 atom stereocenters. The highest BCUT2D eigenvalue weighted by molar-refractivity contribution is 6.31. The smallest absolute Gasteiger partial charge is 0.243 e. The van der Waals surface area contributed by atoms with Crippen molar-refractivity contribution in [1.29, 1.82) is 0 Å². The molecular weight excluding hydrogens is 510 g/mol. The third-order valence-corrected chi connectivity index (χ3v) is 7.63. The number of amides is 2. The number of carbonyl (C=O) groups is 2. The molecule has 0 spiro atoms. The van der Waals surface area contributed by atoms with E-state index >= 15 is 0 Å². The van der Waals surface area contributed by atoms with E-state index in [2.05, 4.69) is 5.32 Å². The molecule has 1 N–H and O–H groups in total. The van der Waals surface area contributed by atoms with Crippen LogP contribution in [0.5, 0.6) is 0 Å². The molecule has 0 aromatic heterocycles. The summed E-state index contributed by atoms with van der Waals surface area (Å²) in [5, 5.41) is 3.87. The maximum atomic E-state index is 14.6. The average Bonchev–Trinajstić information content (AvgIpc) is 2.90. The lowest BCUT2D eigenvalue weighted by Crippen LogP contribution is -2.53. The molecule has 1 fully saturated rings. The summed E-state index contributed by atoms with van der Waals surface area (Å²) in [5.74, 6) is -1.16. The number of hydrogen-bond donors (Lipinski definition) is 1. The molecule has 4 nitrogen and oxygen atoms in total. The zero-order valence-electron chi connectivity index (χ0n) is 20.6. The van der Waals surface area contributed by atoms with E-state index in [9.17, 15) is 14.0 Å². The Morgan fingerprint density at radius 3 is 2.27 bits per heavy atom. The highest BCUT2D eigenvalue weighted by atomic mass is 35.5. The normalized spacial score (nSPS) is 14.7. The fourth-order valence-corrected chi connectivity index (χ4v) is 5.29. The number of halogens is 3. The average molecular weight is 541 g/mol. The van der Waals surface area contributed by atoms with Crippen molar-refractivity contribution < 1.29 is 14.0 Å². The molecule has 194 valence electrons. The molecule has 0 aliphatic heterocycles. The van der Waals surface area contributed by atoms with Gasteiger partial charge in [0.05, 0.1) is 6.42 Å². The van der Waals surface area contributed by atoms with Crippen molar-refractivity contribution in [2.75, 3.05) is 0 Å². The van der Waals surface area contributed by atoms with Gasteiger partial charge in [-0.25, -0.2) is 4.39 Å². The van der Waals surface area contributed by atoms with Crippen molar-refractivity contribution in [3.05, 3.63) is 105 Å². The quantitative estimate of drug-likeness (QED) is 0.325. The maximum Gasteiger partial charge on any atom is 0.243 e. The predicted molar refractivity (Wildman–Crippen MR) is 146 cm³/mol. The SMILES string of the molecule is O=C(NC1CCCCC1)[C@H](Cc1ccccc1)N(Cc1ccccc1Cl)C(=O)Cc1c(F)cccc1Cl. The zero-order valence-corrected chi connectivity index (χ0v) is 22.1. The van der Waals surface area contributed by atoms with Crippen LogP contribution in [0.4, 0.5) is 4.39 Å². The lowest BCUT2D eigenvalue weighted by atomic mass is 9.94. The highest BCUT2D eigenvalue weighted by Gasteiger charge is 2.32. The monoisotopic (exact) mass is 540 g/mol. The van der Waals surface area contributed by atoms with Crippen molar-refractivity contribution in [3.8, 4) is 0 Å². The molecule has 0 bridgehead atoms. The van der Waals surface area contributed by atoms with E-state index in [4.69, 9.17) is 23.2 Å². The minimum atomic E-state index is -0.807. The summed E-state index contributed by atoms with van der Waals surface area (Å²) >= 11 is 12.7. The Bertz CT molecular complexity index is 1190. The molecule has 1 saturated carbocycles. The number of carbonyl (C=O) groups excluding carboxylic acids is 2. The maximum absolute atomic E-state index is 14.6. The summed E-state index contributed by atoms with van der Waals surface area (Å²) in [4.78, 5) is 29.1. The predicted octanol–water partition coefficient (Wildman–Crippen LogP) is 6.76. The Hall–Kier alpha value is -2.89. The fraction of sp³-hybridized carbons (Fsp3) is 0.333. The first-order valence-electron chi connectivity index (χ1n) is 12.7. The van der Waals surface area contributed by atoms with E-state index in [1.807, 2.05) is 48.5 Å². The van der Waals surface area contributed by atoms with Crippen LogP contribution in [0.1, 0.15) is 48.8 Å². The van der Waals surface area contributed by atoms with Crippen molar-refractivity contribution in [2.24, 2.45) is 0 Å². The van der Waals surface area contributed by atoms with Crippen LogP contribution in [-0.2, 0) is 29.0 Å². The van der Waals surface area contributed by atoms with Gasteiger partial charge in [0.2, 0.25) is 11.8 Å². The summed E-state index contributed by atoms with van der Waals surface area (Å²) in [6.45, 7) is 0.111. The van der Waals surface area contributed by atoms with Gasteiger partial charge < -0.3 is 10.2 Å². The zero-order chi connectivity index (χ0) is 26.2. The Morgan fingerprint density at radius 2 is 1.57 bits per heavy atom. The van der Waals surface area contributed by atoms with E-state index in [1.165, 1.54) is 23.5 Å². The first kappa shape index (κ1) is 27.2. The molecule has 0 radical (unpaired) electrons. The number of nitrogens with zero attached hydrogens (tertiary/aromatic N) is 1. The molecule has 3 aromatic rings.